The van der Waals surface area contributed by atoms with Gasteiger partial charge in [-0.05, 0) is 36.8 Å². The number of anilines is 1. The number of fused-ring (bicyclic) bond motifs is 1. The van der Waals surface area contributed by atoms with Gasteiger partial charge in [0.05, 0.1) is 18.7 Å². The maximum Gasteiger partial charge on any atom is 0.471 e. The second kappa shape index (κ2) is 10.6. The largest absolute Gasteiger partial charge is 0.471 e. The first-order valence-corrected chi connectivity index (χ1v) is 14.1. The van der Waals surface area contributed by atoms with Crippen molar-refractivity contribution in [2.75, 3.05) is 18.9 Å². The molecule has 3 fully saturated rings. The van der Waals surface area contributed by atoms with Gasteiger partial charge in [-0.15, -0.1) is 11.8 Å². The van der Waals surface area contributed by atoms with E-state index in [1.54, 1.807) is 12.1 Å². The van der Waals surface area contributed by atoms with Gasteiger partial charge in [-0.1, -0.05) is 37.8 Å². The zero-order valence-corrected chi connectivity index (χ0v) is 22.7. The average Bonchev–Trinajstić information content (AvgIpc) is 3.85. The standard InChI is InChI=1S/C27H30F3N5O4S/c1-31-21-13-26(24(38)32-17-5-3-4-6-20(17)40-26)14-35(21)23(37)19(12-16-9-10-16)34(2)22(36)18(11-15-7-8-15)33-25(39)27(28,29)30/h3-6,15-16,18-19,21H,7-14H2,2H3,(H,32,38)(H,33,39)/t18-,19-,21-,26+/m0/s1. The van der Waals surface area contributed by atoms with Crippen LogP contribution in [0.2, 0.25) is 0 Å². The predicted octanol–water partition coefficient (Wildman–Crippen LogP) is 3.42. The van der Waals surface area contributed by atoms with Crippen molar-refractivity contribution in [3.05, 3.63) is 35.7 Å². The third-order valence-electron chi connectivity index (χ3n) is 8.06. The number of rotatable bonds is 8. The van der Waals surface area contributed by atoms with Crippen LogP contribution in [0.4, 0.5) is 18.9 Å². The smallest absolute Gasteiger partial charge is 0.336 e. The summed E-state index contributed by atoms with van der Waals surface area (Å²) in [5, 5.41) is 4.72. The molecule has 1 saturated heterocycles. The molecular weight excluding hydrogens is 547 g/mol. The summed E-state index contributed by atoms with van der Waals surface area (Å²) in [4.78, 5) is 59.4. The van der Waals surface area contributed by atoms with E-state index in [4.69, 9.17) is 6.57 Å². The molecule has 4 amide bonds. The normalized spacial score (nSPS) is 25.4. The number of para-hydroxylation sites is 1. The lowest BCUT2D eigenvalue weighted by Crippen LogP contribution is -2.57. The molecule has 0 unspecified atom stereocenters. The van der Waals surface area contributed by atoms with E-state index < -0.39 is 46.9 Å². The Hall–Kier alpha value is -3.27. The minimum atomic E-state index is -5.15. The zero-order valence-electron chi connectivity index (χ0n) is 21.9. The molecule has 214 valence electrons. The highest BCUT2D eigenvalue weighted by Crippen LogP contribution is 2.49. The van der Waals surface area contributed by atoms with Crippen molar-refractivity contribution in [1.29, 1.82) is 0 Å². The first-order valence-electron chi connectivity index (χ1n) is 13.3. The minimum Gasteiger partial charge on any atom is -0.336 e. The number of nitrogens with zero attached hydrogens (tertiary/aromatic N) is 3. The number of hydrogen-bond acceptors (Lipinski definition) is 5. The van der Waals surface area contributed by atoms with Gasteiger partial charge in [0.2, 0.25) is 11.8 Å². The highest BCUT2D eigenvalue weighted by Gasteiger charge is 2.58. The summed E-state index contributed by atoms with van der Waals surface area (Å²) in [5.74, 6) is -3.58. The van der Waals surface area contributed by atoms with Crippen LogP contribution >= 0.6 is 11.8 Å². The fraction of sp³-hybridized carbons (Fsp3) is 0.593. The number of amides is 4. The second-order valence-corrected chi connectivity index (χ2v) is 12.6. The van der Waals surface area contributed by atoms with E-state index in [1.807, 2.05) is 17.4 Å². The molecule has 2 aliphatic heterocycles. The van der Waals surface area contributed by atoms with Gasteiger partial charge in [0.15, 0.2) is 0 Å². The van der Waals surface area contributed by atoms with E-state index in [0.717, 1.165) is 35.5 Å². The fourth-order valence-corrected chi connectivity index (χ4v) is 6.79. The third-order valence-corrected chi connectivity index (χ3v) is 9.51. The number of likely N-dealkylation sites (N-methyl/N-ethyl adjacent to an activating group) is 1. The number of hydrogen-bond donors (Lipinski definition) is 2. The summed E-state index contributed by atoms with van der Waals surface area (Å²) in [5.41, 5.74) is 0.659. The number of thioether (sulfide) groups is 1. The van der Waals surface area contributed by atoms with Crippen molar-refractivity contribution < 1.29 is 32.3 Å². The molecule has 0 aromatic heterocycles. The summed E-state index contributed by atoms with van der Waals surface area (Å²) < 4.78 is 38.0. The Kier molecular flexibility index (Phi) is 7.50. The van der Waals surface area contributed by atoms with Gasteiger partial charge < -0.3 is 15.5 Å². The zero-order chi connectivity index (χ0) is 28.8. The van der Waals surface area contributed by atoms with Crippen LogP contribution < -0.4 is 10.6 Å². The Morgan fingerprint density at radius 2 is 1.85 bits per heavy atom. The molecule has 0 radical (unpaired) electrons. The highest BCUT2D eigenvalue weighted by atomic mass is 32.2. The van der Waals surface area contributed by atoms with Crippen LogP contribution in [0, 0.1) is 18.4 Å². The molecule has 2 N–H and O–H groups in total. The van der Waals surface area contributed by atoms with E-state index in [1.165, 1.54) is 23.7 Å². The van der Waals surface area contributed by atoms with Crippen LogP contribution in [0.5, 0.6) is 0 Å². The van der Waals surface area contributed by atoms with Crippen molar-refractivity contribution in [1.82, 2.24) is 15.1 Å². The second-order valence-electron chi connectivity index (χ2n) is 11.2. The summed E-state index contributed by atoms with van der Waals surface area (Å²) in [6.07, 6.45) is -2.41. The lowest BCUT2D eigenvalue weighted by molar-refractivity contribution is -0.175. The predicted molar refractivity (Wildman–Crippen MR) is 140 cm³/mol. The molecule has 13 heteroatoms. The summed E-state index contributed by atoms with van der Waals surface area (Å²) >= 11 is 1.31. The van der Waals surface area contributed by atoms with Gasteiger partial charge in [0.25, 0.3) is 5.91 Å². The molecular formula is C27H30F3N5O4S. The maximum absolute atomic E-state index is 14.0. The monoisotopic (exact) mass is 577 g/mol. The van der Waals surface area contributed by atoms with Crippen molar-refractivity contribution >= 4 is 41.1 Å². The molecule has 40 heavy (non-hydrogen) atoms. The van der Waals surface area contributed by atoms with Gasteiger partial charge in [0, 0.05) is 11.9 Å². The third kappa shape index (κ3) is 5.77. The van der Waals surface area contributed by atoms with Crippen LogP contribution in [-0.4, -0.2) is 76.2 Å². The van der Waals surface area contributed by atoms with E-state index in [2.05, 4.69) is 10.2 Å². The molecule has 1 aromatic rings. The van der Waals surface area contributed by atoms with Gasteiger partial charge in [-0.3, -0.25) is 28.9 Å². The molecule has 2 aliphatic carbocycles. The summed E-state index contributed by atoms with van der Waals surface area (Å²) in [6.45, 7) is 7.73. The molecule has 4 atom stereocenters. The van der Waals surface area contributed by atoms with Gasteiger partial charge in [0.1, 0.15) is 16.8 Å². The first kappa shape index (κ1) is 28.3. The number of benzene rings is 1. The van der Waals surface area contributed by atoms with E-state index >= 15 is 0 Å². The van der Waals surface area contributed by atoms with E-state index in [-0.39, 0.29) is 37.1 Å². The van der Waals surface area contributed by atoms with Gasteiger partial charge >= 0.3 is 18.2 Å². The molecule has 2 heterocycles. The quantitative estimate of drug-likeness (QED) is 0.461. The number of carbonyl (C=O) groups is 4. The fourth-order valence-electron chi connectivity index (χ4n) is 5.41. The van der Waals surface area contributed by atoms with Gasteiger partial charge in [-0.2, -0.15) is 13.2 Å². The Labute approximate surface area is 234 Å². The SMILES string of the molecule is [C-]#[N+][C@@H]1C[C@]2(CN1C(=O)[C@H](CC1CC1)N(C)C(=O)[C@H](CC1CC1)NC(=O)C(F)(F)F)Sc1ccccc1NC2=O. The van der Waals surface area contributed by atoms with Crippen LogP contribution in [0.3, 0.4) is 0 Å². The van der Waals surface area contributed by atoms with Crippen LogP contribution in [0.15, 0.2) is 29.2 Å². The number of halogens is 3. The van der Waals surface area contributed by atoms with E-state index in [0.29, 0.717) is 12.1 Å². The summed E-state index contributed by atoms with van der Waals surface area (Å²) in [7, 11) is 1.37. The Morgan fingerprint density at radius 3 is 2.48 bits per heavy atom. The van der Waals surface area contributed by atoms with Crippen molar-refractivity contribution in [3.63, 3.8) is 0 Å². The number of nitrogens with one attached hydrogen (secondary N) is 2. The minimum absolute atomic E-state index is 0.0307. The molecule has 9 nitrogen and oxygen atoms in total. The summed E-state index contributed by atoms with van der Waals surface area (Å²) in [6, 6.07) is 4.82. The molecule has 1 aromatic carbocycles. The van der Waals surface area contributed by atoms with E-state index in [9.17, 15) is 32.3 Å². The lowest BCUT2D eigenvalue weighted by atomic mass is 10.0. The van der Waals surface area contributed by atoms with Crippen molar-refractivity contribution in [2.45, 2.75) is 79.0 Å². The van der Waals surface area contributed by atoms with Crippen molar-refractivity contribution in [3.8, 4) is 0 Å². The molecule has 4 aliphatic rings. The topological polar surface area (TPSA) is 103 Å². The molecule has 2 saturated carbocycles. The van der Waals surface area contributed by atoms with Crippen LogP contribution in [-0.2, 0) is 19.2 Å². The maximum atomic E-state index is 14.0. The van der Waals surface area contributed by atoms with Crippen LogP contribution in [0.1, 0.15) is 44.9 Å². The number of carbonyl (C=O) groups excluding carboxylic acids is 4. The van der Waals surface area contributed by atoms with Crippen LogP contribution in [0.25, 0.3) is 4.85 Å². The lowest BCUT2D eigenvalue weighted by Gasteiger charge is -2.34. The van der Waals surface area contributed by atoms with Crippen molar-refractivity contribution in [2.24, 2.45) is 11.8 Å². The molecule has 0 bridgehead atoms. The Balaban J connectivity index is 1.37. The number of likely N-dealkylation sites (tertiary alicyclic amines) is 1. The Bertz CT molecular complexity index is 1260. The van der Waals surface area contributed by atoms with Gasteiger partial charge in [-0.25, -0.2) is 6.57 Å². The Morgan fingerprint density at radius 1 is 1.20 bits per heavy atom. The highest BCUT2D eigenvalue weighted by molar-refractivity contribution is 8.01. The molecule has 1 spiro atoms. The molecule has 5 rings (SSSR count). The number of alkyl halides is 3. The first-order chi connectivity index (χ1) is 18.9. The average molecular weight is 578 g/mol.